The van der Waals surface area contributed by atoms with Crippen molar-refractivity contribution < 1.29 is 46.7 Å². The van der Waals surface area contributed by atoms with Crippen LogP contribution in [-0.4, -0.2) is 66.6 Å². The number of nitrogens with zero attached hydrogens (tertiary/aromatic N) is 2. The standard InChI is InChI=1S/C37H34ClN3O10S/c1-18-15-25-28(33(43)37(18)34(44)29-24(46-3)17-26(47-4)30(38)32(29)50-37)21(31(49-25)19-8-10-20(45-2)11-9-19)16-27(42)39-22(12-14-52-5)36-40-35(41-51-36)23-7-6-13-48-23/h6-11,13,17-18,22H,12,14-16H2,1-5H3,(H,39,42). The van der Waals surface area contributed by atoms with E-state index in [2.05, 4.69) is 15.5 Å². The van der Waals surface area contributed by atoms with E-state index in [4.69, 9.17) is 43.9 Å². The van der Waals surface area contributed by atoms with E-state index < -0.39 is 35.0 Å². The molecule has 4 heterocycles. The van der Waals surface area contributed by atoms with Crippen molar-refractivity contribution in [3.05, 3.63) is 82.1 Å². The van der Waals surface area contributed by atoms with Crippen molar-refractivity contribution in [3.8, 4) is 45.9 Å². The van der Waals surface area contributed by atoms with Crippen LogP contribution in [0.3, 0.4) is 0 Å². The minimum Gasteiger partial charge on any atom is -0.497 e. The third kappa shape index (κ3) is 5.79. The van der Waals surface area contributed by atoms with Crippen LogP contribution in [0.15, 0.2) is 62.1 Å². The summed E-state index contributed by atoms with van der Waals surface area (Å²) >= 11 is 8.24. The number of benzene rings is 2. The molecule has 52 heavy (non-hydrogen) atoms. The van der Waals surface area contributed by atoms with Crippen LogP contribution in [-0.2, 0) is 17.6 Å². The van der Waals surface area contributed by atoms with Crippen LogP contribution >= 0.6 is 23.4 Å². The number of hydrogen-bond donors (Lipinski definition) is 1. The summed E-state index contributed by atoms with van der Waals surface area (Å²) in [6.07, 6.45) is 3.79. The van der Waals surface area contributed by atoms with Crippen molar-refractivity contribution in [2.24, 2.45) is 5.92 Å². The molecule has 3 aromatic heterocycles. The van der Waals surface area contributed by atoms with E-state index in [1.165, 1.54) is 26.5 Å². The molecule has 2 aromatic carbocycles. The Morgan fingerprint density at radius 3 is 2.50 bits per heavy atom. The van der Waals surface area contributed by atoms with Crippen LogP contribution in [0.5, 0.6) is 23.0 Å². The van der Waals surface area contributed by atoms with Crippen molar-refractivity contribution in [3.63, 3.8) is 0 Å². The minimum absolute atomic E-state index is 0.00482. The number of halogens is 1. The van der Waals surface area contributed by atoms with Gasteiger partial charge in [0.1, 0.15) is 45.4 Å². The first-order chi connectivity index (χ1) is 25.1. The zero-order valence-electron chi connectivity index (χ0n) is 28.9. The SMILES string of the molecule is COc1ccc(-c2oc3c(c2CC(=O)NC(CCSC)c2nc(-c4ccco4)no2)C(=O)C2(Oc4c(Cl)c(OC)cc(OC)c4C2=O)C(C)C3)cc1. The molecule has 0 bridgehead atoms. The van der Waals surface area contributed by atoms with Crippen LogP contribution in [0.4, 0.5) is 0 Å². The molecular formula is C37H34ClN3O10S. The second kappa shape index (κ2) is 14.1. The van der Waals surface area contributed by atoms with Crippen molar-refractivity contribution in [1.29, 1.82) is 0 Å². The van der Waals surface area contributed by atoms with Gasteiger partial charge in [0.05, 0.1) is 39.6 Å². The maximum atomic E-state index is 14.9. The predicted molar refractivity (Wildman–Crippen MR) is 190 cm³/mol. The number of fused-ring (bicyclic) bond motifs is 2. The van der Waals surface area contributed by atoms with Gasteiger partial charge in [0.15, 0.2) is 11.5 Å². The van der Waals surface area contributed by atoms with E-state index in [0.717, 1.165) is 0 Å². The van der Waals surface area contributed by atoms with Crippen molar-refractivity contribution in [2.45, 2.75) is 37.8 Å². The molecule has 0 radical (unpaired) electrons. The predicted octanol–water partition coefficient (Wildman–Crippen LogP) is 6.81. The summed E-state index contributed by atoms with van der Waals surface area (Å²) in [6.45, 7) is 1.74. The number of nitrogens with one attached hydrogen (secondary N) is 1. The van der Waals surface area contributed by atoms with Crippen LogP contribution in [0.1, 0.15) is 57.3 Å². The first-order valence-electron chi connectivity index (χ1n) is 16.3. The third-order valence-corrected chi connectivity index (χ3v) is 10.4. The van der Waals surface area contributed by atoms with Crippen LogP contribution in [0, 0.1) is 5.92 Å². The van der Waals surface area contributed by atoms with Gasteiger partial charge in [0.25, 0.3) is 0 Å². The van der Waals surface area contributed by atoms with Gasteiger partial charge in [-0.15, -0.1) is 0 Å². The molecule has 1 spiro atoms. The Bertz CT molecular complexity index is 2160. The monoisotopic (exact) mass is 747 g/mol. The Morgan fingerprint density at radius 2 is 1.83 bits per heavy atom. The summed E-state index contributed by atoms with van der Waals surface area (Å²) in [5, 5.41) is 7.08. The molecule has 15 heteroatoms. The number of amides is 1. The summed E-state index contributed by atoms with van der Waals surface area (Å²) in [6, 6.07) is 11.3. The van der Waals surface area contributed by atoms with E-state index >= 15 is 0 Å². The van der Waals surface area contributed by atoms with Crippen LogP contribution in [0.25, 0.3) is 22.9 Å². The fraction of sp³-hybridized carbons (Fsp3) is 0.324. The molecule has 3 atom stereocenters. The summed E-state index contributed by atoms with van der Waals surface area (Å²) in [4.78, 5) is 47.9. The average Bonchev–Trinajstić information content (AvgIpc) is 3.97. The van der Waals surface area contributed by atoms with E-state index in [1.807, 2.05) is 6.26 Å². The highest BCUT2D eigenvalue weighted by Crippen LogP contribution is 2.54. The lowest BCUT2D eigenvalue weighted by Gasteiger charge is -2.35. The van der Waals surface area contributed by atoms with Gasteiger partial charge in [0.2, 0.25) is 34.8 Å². The molecular weight excluding hydrogens is 714 g/mol. The molecule has 7 rings (SSSR count). The van der Waals surface area contributed by atoms with Gasteiger partial charge in [-0.25, -0.2) is 0 Å². The summed E-state index contributed by atoms with van der Waals surface area (Å²) in [5.41, 5.74) is -0.969. The molecule has 1 aliphatic carbocycles. The average molecular weight is 748 g/mol. The molecule has 1 N–H and O–H groups in total. The van der Waals surface area contributed by atoms with Gasteiger partial charge < -0.3 is 37.6 Å². The van der Waals surface area contributed by atoms with Gasteiger partial charge in [-0.2, -0.15) is 16.7 Å². The Labute approximate surface area is 307 Å². The number of ketones is 2. The Morgan fingerprint density at radius 1 is 1.08 bits per heavy atom. The number of methoxy groups -OCH3 is 3. The number of Topliss-reactive ketones (excluding diaryl/α,β-unsaturated/α-hetero) is 2. The number of rotatable bonds is 12. The quantitative estimate of drug-likeness (QED) is 0.132. The lowest BCUT2D eigenvalue weighted by molar-refractivity contribution is -0.121. The third-order valence-electron chi connectivity index (χ3n) is 9.37. The van der Waals surface area contributed by atoms with Gasteiger partial charge in [-0.05, 0) is 54.8 Å². The molecule has 3 unspecified atom stereocenters. The summed E-state index contributed by atoms with van der Waals surface area (Å²) in [5.74, 6) is 0.775. The lowest BCUT2D eigenvalue weighted by Crippen LogP contribution is -2.56. The topological polar surface area (TPSA) is 165 Å². The van der Waals surface area contributed by atoms with E-state index in [-0.39, 0.29) is 58.0 Å². The van der Waals surface area contributed by atoms with Gasteiger partial charge in [-0.3, -0.25) is 14.4 Å². The number of aromatic nitrogens is 2. The lowest BCUT2D eigenvalue weighted by atomic mass is 9.70. The van der Waals surface area contributed by atoms with Crippen molar-refractivity contribution in [1.82, 2.24) is 15.5 Å². The van der Waals surface area contributed by atoms with E-state index in [9.17, 15) is 14.4 Å². The van der Waals surface area contributed by atoms with Gasteiger partial charge in [-0.1, -0.05) is 23.7 Å². The Balaban J connectivity index is 1.28. The first-order valence-corrected chi connectivity index (χ1v) is 18.1. The molecule has 13 nitrogen and oxygen atoms in total. The minimum atomic E-state index is -2.00. The van der Waals surface area contributed by atoms with E-state index in [0.29, 0.717) is 46.3 Å². The molecule has 0 fully saturated rings. The Hall–Kier alpha value is -5.21. The molecule has 1 amide bonds. The van der Waals surface area contributed by atoms with Crippen molar-refractivity contribution in [2.75, 3.05) is 33.3 Å². The largest absolute Gasteiger partial charge is 0.497 e. The highest BCUT2D eigenvalue weighted by Gasteiger charge is 2.63. The number of carbonyl (C=O) groups is 3. The summed E-state index contributed by atoms with van der Waals surface area (Å²) in [7, 11) is 4.38. The summed E-state index contributed by atoms with van der Waals surface area (Å²) < 4.78 is 40.0. The molecule has 2 aliphatic rings. The second-order valence-corrected chi connectivity index (χ2v) is 13.7. The highest BCUT2D eigenvalue weighted by molar-refractivity contribution is 7.98. The highest BCUT2D eigenvalue weighted by atomic mass is 35.5. The molecule has 0 saturated carbocycles. The number of hydrogen-bond acceptors (Lipinski definition) is 13. The fourth-order valence-electron chi connectivity index (χ4n) is 6.76. The molecule has 270 valence electrons. The normalized spacial score (nSPS) is 18.2. The number of ether oxygens (including phenoxy) is 4. The van der Waals surface area contributed by atoms with Crippen molar-refractivity contribution >= 4 is 40.8 Å². The van der Waals surface area contributed by atoms with Gasteiger partial charge >= 0.3 is 0 Å². The van der Waals surface area contributed by atoms with E-state index in [1.54, 1.807) is 62.2 Å². The maximum Gasteiger partial charge on any atom is 0.249 e. The second-order valence-electron chi connectivity index (χ2n) is 12.3. The number of carbonyl (C=O) groups excluding carboxylic acids is 3. The number of furan rings is 2. The first kappa shape index (κ1) is 35.2. The fourth-order valence-corrected chi connectivity index (χ4v) is 7.49. The van der Waals surface area contributed by atoms with Gasteiger partial charge in [0, 0.05) is 29.5 Å². The Kier molecular flexibility index (Phi) is 9.53. The zero-order valence-corrected chi connectivity index (χ0v) is 30.4. The van der Waals surface area contributed by atoms with Crippen LogP contribution in [0.2, 0.25) is 5.02 Å². The molecule has 5 aromatic rings. The molecule has 0 saturated heterocycles. The molecule has 1 aliphatic heterocycles. The smallest absolute Gasteiger partial charge is 0.249 e. The number of thioether (sulfide) groups is 1. The zero-order chi connectivity index (χ0) is 36.7. The maximum absolute atomic E-state index is 14.9. The van der Waals surface area contributed by atoms with Crippen LogP contribution < -0.4 is 24.3 Å².